The SMILES string of the molecule is NC(=O)c1cnc(N2CCCC(N3CCN(C4COC4)C3=O)C2)cn1. The Hall–Kier alpha value is -2.42. The zero-order valence-electron chi connectivity index (χ0n) is 14.0. The molecule has 0 aromatic carbocycles. The van der Waals surface area contributed by atoms with E-state index in [9.17, 15) is 9.59 Å². The third kappa shape index (κ3) is 2.99. The molecular formula is C16H22N6O3. The molecule has 1 unspecified atom stereocenters. The quantitative estimate of drug-likeness (QED) is 0.801. The fourth-order valence-electron chi connectivity index (χ4n) is 3.68. The zero-order chi connectivity index (χ0) is 17.4. The van der Waals surface area contributed by atoms with Crippen LogP contribution in [-0.2, 0) is 4.74 Å². The summed E-state index contributed by atoms with van der Waals surface area (Å²) >= 11 is 0. The summed E-state index contributed by atoms with van der Waals surface area (Å²) in [5, 5.41) is 0. The second-order valence-electron chi connectivity index (χ2n) is 6.73. The van der Waals surface area contributed by atoms with E-state index in [1.165, 1.54) is 6.20 Å². The van der Waals surface area contributed by atoms with Gasteiger partial charge in [-0.25, -0.2) is 14.8 Å². The number of aromatic nitrogens is 2. The molecule has 0 radical (unpaired) electrons. The standard InChI is InChI=1S/C16H22N6O3/c17-15(23)13-6-19-14(7-18-13)20-3-1-2-11(8-20)21-4-5-22(16(21)24)12-9-25-10-12/h6-7,11-12H,1-5,8-10H2,(H2,17,23). The van der Waals surface area contributed by atoms with Crippen LogP contribution in [0.15, 0.2) is 12.4 Å². The molecule has 0 spiro atoms. The van der Waals surface area contributed by atoms with Crippen LogP contribution in [0.1, 0.15) is 23.3 Å². The van der Waals surface area contributed by atoms with Gasteiger partial charge >= 0.3 is 6.03 Å². The van der Waals surface area contributed by atoms with Crippen LogP contribution < -0.4 is 10.6 Å². The molecule has 9 nitrogen and oxygen atoms in total. The first-order valence-electron chi connectivity index (χ1n) is 8.65. The second kappa shape index (κ2) is 6.47. The van der Waals surface area contributed by atoms with Crippen LogP contribution >= 0.6 is 0 Å². The van der Waals surface area contributed by atoms with Crippen LogP contribution in [0.25, 0.3) is 0 Å². The number of carbonyl (C=O) groups is 2. The zero-order valence-corrected chi connectivity index (χ0v) is 14.0. The molecule has 4 heterocycles. The topological polar surface area (TPSA) is 105 Å². The monoisotopic (exact) mass is 346 g/mol. The van der Waals surface area contributed by atoms with Crippen molar-refractivity contribution in [2.24, 2.45) is 5.73 Å². The van der Waals surface area contributed by atoms with E-state index in [0.29, 0.717) is 19.0 Å². The number of urea groups is 1. The number of hydrogen-bond donors (Lipinski definition) is 1. The van der Waals surface area contributed by atoms with Crippen molar-refractivity contribution in [3.63, 3.8) is 0 Å². The molecule has 134 valence electrons. The summed E-state index contributed by atoms with van der Waals surface area (Å²) in [6, 6.07) is 0.532. The van der Waals surface area contributed by atoms with E-state index in [-0.39, 0.29) is 23.8 Å². The molecule has 25 heavy (non-hydrogen) atoms. The number of amides is 3. The number of nitrogens with zero attached hydrogens (tertiary/aromatic N) is 5. The fourth-order valence-corrected chi connectivity index (χ4v) is 3.68. The van der Waals surface area contributed by atoms with Crippen molar-refractivity contribution < 1.29 is 14.3 Å². The molecule has 1 aromatic rings. The van der Waals surface area contributed by atoms with Crippen LogP contribution in [0.4, 0.5) is 10.6 Å². The molecular weight excluding hydrogens is 324 g/mol. The number of primary amides is 1. The van der Waals surface area contributed by atoms with Crippen molar-refractivity contribution in [2.75, 3.05) is 44.3 Å². The van der Waals surface area contributed by atoms with Gasteiger partial charge in [0.15, 0.2) is 0 Å². The maximum Gasteiger partial charge on any atom is 0.320 e. The lowest BCUT2D eigenvalue weighted by molar-refractivity contribution is -0.0444. The third-order valence-corrected chi connectivity index (χ3v) is 5.19. The van der Waals surface area contributed by atoms with Gasteiger partial charge in [0.2, 0.25) is 0 Å². The molecule has 1 aromatic heterocycles. The maximum atomic E-state index is 12.7. The van der Waals surface area contributed by atoms with Crippen molar-refractivity contribution in [1.82, 2.24) is 19.8 Å². The summed E-state index contributed by atoms with van der Waals surface area (Å²) in [6.07, 6.45) is 4.96. The Morgan fingerprint density at radius 2 is 1.88 bits per heavy atom. The van der Waals surface area contributed by atoms with E-state index in [1.54, 1.807) is 6.20 Å². The molecule has 0 saturated carbocycles. The van der Waals surface area contributed by atoms with Gasteiger partial charge in [0.25, 0.3) is 5.91 Å². The van der Waals surface area contributed by atoms with Gasteiger partial charge in [-0.05, 0) is 12.8 Å². The lowest BCUT2D eigenvalue weighted by atomic mass is 10.0. The average molecular weight is 346 g/mol. The molecule has 3 aliphatic heterocycles. The smallest absolute Gasteiger partial charge is 0.320 e. The maximum absolute atomic E-state index is 12.7. The van der Waals surface area contributed by atoms with Crippen LogP contribution in [0, 0.1) is 0 Å². The number of carbonyl (C=O) groups excluding carboxylic acids is 2. The summed E-state index contributed by atoms with van der Waals surface area (Å²) < 4.78 is 5.21. The van der Waals surface area contributed by atoms with Crippen LogP contribution in [0.5, 0.6) is 0 Å². The van der Waals surface area contributed by atoms with E-state index in [0.717, 1.165) is 39.0 Å². The van der Waals surface area contributed by atoms with Crippen LogP contribution in [0.2, 0.25) is 0 Å². The lowest BCUT2D eigenvalue weighted by Gasteiger charge is -2.39. The molecule has 3 aliphatic rings. The van der Waals surface area contributed by atoms with Gasteiger partial charge in [-0.15, -0.1) is 0 Å². The van der Waals surface area contributed by atoms with Crippen LogP contribution in [-0.4, -0.2) is 83.2 Å². The number of ether oxygens (including phenoxy) is 1. The highest BCUT2D eigenvalue weighted by Crippen LogP contribution is 2.25. The predicted molar refractivity (Wildman–Crippen MR) is 89.2 cm³/mol. The second-order valence-corrected chi connectivity index (χ2v) is 6.73. The Balaban J connectivity index is 1.42. The molecule has 4 rings (SSSR count). The van der Waals surface area contributed by atoms with Crippen molar-refractivity contribution in [2.45, 2.75) is 24.9 Å². The van der Waals surface area contributed by atoms with Gasteiger partial charge in [-0.3, -0.25) is 4.79 Å². The minimum absolute atomic E-state index is 0.121. The molecule has 3 fully saturated rings. The van der Waals surface area contributed by atoms with E-state index in [4.69, 9.17) is 10.5 Å². The first-order chi connectivity index (χ1) is 12.1. The summed E-state index contributed by atoms with van der Waals surface area (Å²) in [7, 11) is 0. The van der Waals surface area contributed by atoms with Gasteiger partial charge in [0.05, 0.1) is 37.7 Å². The largest absolute Gasteiger partial charge is 0.377 e. The van der Waals surface area contributed by atoms with Crippen molar-refractivity contribution in [1.29, 1.82) is 0 Å². The van der Waals surface area contributed by atoms with E-state index in [2.05, 4.69) is 14.9 Å². The van der Waals surface area contributed by atoms with E-state index in [1.807, 2.05) is 9.80 Å². The van der Waals surface area contributed by atoms with E-state index >= 15 is 0 Å². The molecule has 1 atom stereocenters. The minimum Gasteiger partial charge on any atom is -0.377 e. The van der Waals surface area contributed by atoms with Crippen molar-refractivity contribution >= 4 is 17.8 Å². The van der Waals surface area contributed by atoms with Gasteiger partial charge in [-0.2, -0.15) is 0 Å². The number of anilines is 1. The lowest BCUT2D eigenvalue weighted by Crippen LogP contribution is -2.53. The molecule has 2 N–H and O–H groups in total. The van der Waals surface area contributed by atoms with Gasteiger partial charge in [0, 0.05) is 26.2 Å². The van der Waals surface area contributed by atoms with Crippen LogP contribution in [0.3, 0.4) is 0 Å². The van der Waals surface area contributed by atoms with Crippen molar-refractivity contribution in [3.8, 4) is 0 Å². The normalized spacial score (nSPS) is 24.6. The van der Waals surface area contributed by atoms with Crippen molar-refractivity contribution in [3.05, 3.63) is 18.1 Å². The summed E-state index contributed by atoms with van der Waals surface area (Å²) in [5.74, 6) is 0.129. The van der Waals surface area contributed by atoms with Gasteiger partial charge in [-0.1, -0.05) is 0 Å². The molecule has 0 bridgehead atoms. The predicted octanol–water partition coefficient (Wildman–Crippen LogP) is -0.319. The molecule has 9 heteroatoms. The summed E-state index contributed by atoms with van der Waals surface area (Å²) in [4.78, 5) is 38.2. The Morgan fingerprint density at radius 1 is 1.12 bits per heavy atom. The summed E-state index contributed by atoms with van der Waals surface area (Å²) in [6.45, 7) is 4.43. The minimum atomic E-state index is -0.585. The van der Waals surface area contributed by atoms with Gasteiger partial charge < -0.3 is 25.2 Å². The molecule has 3 amide bonds. The highest BCUT2D eigenvalue weighted by atomic mass is 16.5. The molecule has 3 saturated heterocycles. The number of nitrogens with two attached hydrogens (primary N) is 1. The highest BCUT2D eigenvalue weighted by molar-refractivity contribution is 5.90. The highest BCUT2D eigenvalue weighted by Gasteiger charge is 2.40. The Labute approximate surface area is 145 Å². The first-order valence-corrected chi connectivity index (χ1v) is 8.65. The first kappa shape index (κ1) is 16.1. The van der Waals surface area contributed by atoms with E-state index < -0.39 is 5.91 Å². The van der Waals surface area contributed by atoms with Gasteiger partial charge in [0.1, 0.15) is 11.5 Å². The average Bonchev–Trinajstić information content (AvgIpc) is 2.95. The number of hydrogen-bond acceptors (Lipinski definition) is 6. The third-order valence-electron chi connectivity index (χ3n) is 5.19. The number of rotatable bonds is 4. The summed E-state index contributed by atoms with van der Waals surface area (Å²) in [5.41, 5.74) is 5.36. The Kier molecular flexibility index (Phi) is 4.16. The fraction of sp³-hybridized carbons (Fsp3) is 0.625. The Bertz CT molecular complexity index is 662. The number of piperidine rings is 1. The Morgan fingerprint density at radius 3 is 2.48 bits per heavy atom. The molecule has 0 aliphatic carbocycles.